The predicted octanol–water partition coefficient (Wildman–Crippen LogP) is 0.370. The fourth-order valence-electron chi connectivity index (χ4n) is 0.162. The van der Waals surface area contributed by atoms with Crippen molar-refractivity contribution >= 4 is 47.9 Å². The van der Waals surface area contributed by atoms with Crippen LogP contribution in [0.2, 0.25) is 0 Å². The Bertz CT molecular complexity index is 230. The molecule has 5 nitrogen and oxygen atoms in total. The van der Waals surface area contributed by atoms with Gasteiger partial charge >= 0.3 is 47.9 Å². The second-order valence-corrected chi connectivity index (χ2v) is 2.82. The second kappa shape index (κ2) is 8.18. The van der Waals surface area contributed by atoms with E-state index in [4.69, 9.17) is 0 Å². The van der Waals surface area contributed by atoms with Gasteiger partial charge in [0.2, 0.25) is 0 Å². The minimum atomic E-state index is -3.82. The minimum Gasteiger partial charge on any atom is -1.00 e. The molecular weight excluding hydrogens is 212 g/mol. The summed E-state index contributed by atoms with van der Waals surface area (Å²) in [5.41, 5.74) is 0. The first kappa shape index (κ1) is 15.1. The molecule has 12 heavy (non-hydrogen) atoms. The quantitative estimate of drug-likeness (QED) is 0.214. The third-order valence-corrected chi connectivity index (χ3v) is 1.21. The Morgan fingerprint density at radius 1 is 1.42 bits per heavy atom. The molecule has 0 amide bonds. The monoisotopic (exact) mass is 222 g/mol. The third-order valence-electron chi connectivity index (χ3n) is 0.561. The molecule has 0 N–H and O–H groups in total. The molecule has 0 spiro atoms. The Labute approximate surface area is 104 Å². The number of hydrogen-bond acceptors (Lipinski definition) is 5. The van der Waals surface area contributed by atoms with E-state index in [1.54, 1.807) is 0 Å². The molecule has 0 saturated heterocycles. The van der Waals surface area contributed by atoms with Crippen LogP contribution in [0.1, 0.15) is 2.85 Å². The molecular formula is C5H10CaO5S. The predicted molar refractivity (Wildman–Crippen MR) is 45.4 cm³/mol. The summed E-state index contributed by atoms with van der Waals surface area (Å²) in [6.45, 7) is 6.28. The van der Waals surface area contributed by atoms with Crippen LogP contribution in [-0.4, -0.2) is 52.8 Å². The van der Waals surface area contributed by atoms with Crippen molar-refractivity contribution in [3.63, 3.8) is 0 Å². The Morgan fingerprint density at radius 3 is 2.42 bits per heavy atom. The van der Waals surface area contributed by atoms with Gasteiger partial charge in [-0.3, -0.25) is 0 Å². The first-order valence-corrected chi connectivity index (χ1v) is 4.05. The third kappa shape index (κ3) is 8.66. The standard InChI is InChI=1S/C5H8O5S.Ca.2H/c1-3-5-8-9-10-11(6,7)4-2;;;/h3-4H,1-2,5H2;;;/q;+2;2*-1. The van der Waals surface area contributed by atoms with Crippen LogP contribution >= 0.6 is 0 Å². The second-order valence-electron chi connectivity index (χ2n) is 1.37. The van der Waals surface area contributed by atoms with Gasteiger partial charge in [0.1, 0.15) is 6.61 Å². The normalized spacial score (nSPS) is 10.0. The molecule has 7 heteroatoms. The van der Waals surface area contributed by atoms with E-state index in [1.807, 2.05) is 0 Å². The molecule has 0 rings (SSSR count). The summed E-state index contributed by atoms with van der Waals surface area (Å²) in [5, 5.41) is 4.39. The van der Waals surface area contributed by atoms with E-state index < -0.39 is 10.1 Å². The molecule has 0 saturated carbocycles. The van der Waals surface area contributed by atoms with Crippen LogP contribution in [0.15, 0.2) is 24.6 Å². The fraction of sp³-hybridized carbons (Fsp3) is 0.200. The van der Waals surface area contributed by atoms with E-state index in [-0.39, 0.29) is 47.2 Å². The summed E-state index contributed by atoms with van der Waals surface area (Å²) in [7, 11) is -3.82. The van der Waals surface area contributed by atoms with Crippen molar-refractivity contribution in [3.05, 3.63) is 24.6 Å². The SMILES string of the molecule is C=CCOOOS(=O)(=O)C=C.[Ca+2].[H-].[H-]. The van der Waals surface area contributed by atoms with Gasteiger partial charge in [-0.05, 0) is 0 Å². The van der Waals surface area contributed by atoms with Crippen LogP contribution in [0, 0.1) is 0 Å². The molecule has 0 aliphatic rings. The zero-order valence-corrected chi connectivity index (χ0v) is 9.46. The van der Waals surface area contributed by atoms with Crippen LogP contribution in [0.3, 0.4) is 0 Å². The van der Waals surface area contributed by atoms with Crippen molar-refractivity contribution in [1.29, 1.82) is 0 Å². The summed E-state index contributed by atoms with van der Waals surface area (Å²) in [4.78, 5) is 4.15. The maximum absolute atomic E-state index is 10.4. The Morgan fingerprint density at radius 2 is 2.00 bits per heavy atom. The molecule has 0 aliphatic heterocycles. The average molecular weight is 222 g/mol. The number of hydrogen-bond donors (Lipinski definition) is 0. The zero-order valence-electron chi connectivity index (χ0n) is 8.43. The zero-order chi connectivity index (χ0) is 8.74. The van der Waals surface area contributed by atoms with Gasteiger partial charge < -0.3 is 2.85 Å². The van der Waals surface area contributed by atoms with E-state index in [0.29, 0.717) is 5.41 Å². The fourth-order valence-corrected chi connectivity index (χ4v) is 0.334. The molecule has 0 aromatic heterocycles. The molecule has 0 radical (unpaired) electrons. The average Bonchev–Trinajstić information content (AvgIpc) is 1.99. The largest absolute Gasteiger partial charge is 2.00 e. The van der Waals surface area contributed by atoms with Crippen LogP contribution in [0.5, 0.6) is 0 Å². The van der Waals surface area contributed by atoms with Gasteiger partial charge in [0, 0.05) is 0 Å². The topological polar surface area (TPSA) is 61.8 Å². The van der Waals surface area contributed by atoms with Gasteiger partial charge in [0.25, 0.3) is 0 Å². The molecule has 0 aliphatic carbocycles. The van der Waals surface area contributed by atoms with Crippen LogP contribution < -0.4 is 0 Å². The first-order valence-electron chi connectivity index (χ1n) is 2.58. The summed E-state index contributed by atoms with van der Waals surface area (Å²) < 4.78 is 24.5. The van der Waals surface area contributed by atoms with Gasteiger partial charge in [0.05, 0.1) is 5.41 Å². The van der Waals surface area contributed by atoms with Crippen molar-refractivity contribution in [2.24, 2.45) is 0 Å². The molecule has 0 atom stereocenters. The first-order chi connectivity index (χ1) is 5.12. The summed E-state index contributed by atoms with van der Waals surface area (Å²) >= 11 is 0. The molecule has 0 aromatic rings. The van der Waals surface area contributed by atoms with Crippen LogP contribution in [0.25, 0.3) is 0 Å². The summed E-state index contributed by atoms with van der Waals surface area (Å²) in [6.07, 6.45) is 1.36. The molecule has 0 bridgehead atoms. The van der Waals surface area contributed by atoms with E-state index in [2.05, 4.69) is 27.4 Å². The maximum atomic E-state index is 10.4. The molecule has 0 unspecified atom stereocenters. The van der Waals surface area contributed by atoms with Gasteiger partial charge in [0.15, 0.2) is 0 Å². The Hall–Kier alpha value is 0.570. The minimum absolute atomic E-state index is 0. The molecule has 68 valence electrons. The summed E-state index contributed by atoms with van der Waals surface area (Å²) in [5.74, 6) is 0. The van der Waals surface area contributed by atoms with E-state index in [1.165, 1.54) is 6.08 Å². The van der Waals surface area contributed by atoms with Crippen LogP contribution in [0.4, 0.5) is 0 Å². The van der Waals surface area contributed by atoms with E-state index >= 15 is 0 Å². The molecule has 0 heterocycles. The van der Waals surface area contributed by atoms with Gasteiger partial charge in [-0.1, -0.05) is 22.0 Å². The van der Waals surface area contributed by atoms with E-state index in [0.717, 1.165) is 0 Å². The van der Waals surface area contributed by atoms with Gasteiger partial charge in [-0.2, -0.15) is 8.42 Å². The van der Waals surface area contributed by atoms with Crippen LogP contribution in [-0.2, 0) is 24.4 Å². The Kier molecular flexibility index (Phi) is 10.3. The summed E-state index contributed by atoms with van der Waals surface area (Å²) in [6, 6.07) is 0. The van der Waals surface area contributed by atoms with Crippen molar-refractivity contribution in [1.82, 2.24) is 0 Å². The van der Waals surface area contributed by atoms with Crippen molar-refractivity contribution in [2.75, 3.05) is 6.61 Å². The maximum Gasteiger partial charge on any atom is 2.00 e. The number of rotatable bonds is 6. The van der Waals surface area contributed by atoms with E-state index in [9.17, 15) is 8.42 Å². The smallest absolute Gasteiger partial charge is 1.00 e. The Balaban J connectivity index is -0.000000167. The molecule has 0 fully saturated rings. The van der Waals surface area contributed by atoms with Crippen molar-refractivity contribution in [2.45, 2.75) is 0 Å². The van der Waals surface area contributed by atoms with Gasteiger partial charge in [-0.15, -0.1) is 6.58 Å². The molecule has 0 aromatic carbocycles. The van der Waals surface area contributed by atoms with Gasteiger partial charge in [-0.25, -0.2) is 4.89 Å². The van der Waals surface area contributed by atoms with Crippen molar-refractivity contribution in [3.8, 4) is 0 Å². The van der Waals surface area contributed by atoms with Crippen molar-refractivity contribution < 1.29 is 25.5 Å².